The summed E-state index contributed by atoms with van der Waals surface area (Å²) in [5, 5.41) is 0. The number of carbonyl (C=O) groups excluding carboxylic acids is 8. The number of carbonyl (C=O) groups is 8. The summed E-state index contributed by atoms with van der Waals surface area (Å²) in [4.78, 5) is 94.4. The van der Waals surface area contributed by atoms with Gasteiger partial charge in [-0.05, 0) is 126 Å². The maximum absolute atomic E-state index is 13.9. The summed E-state index contributed by atoms with van der Waals surface area (Å²) in [5.41, 5.74) is -4.95. The molecule has 0 heterocycles. The van der Waals surface area contributed by atoms with Crippen molar-refractivity contribution in [1.29, 1.82) is 0 Å². The second-order valence-corrected chi connectivity index (χ2v) is 20.4. The van der Waals surface area contributed by atoms with Gasteiger partial charge in [0.25, 0.3) is 0 Å². The van der Waals surface area contributed by atoms with E-state index in [1.807, 2.05) is 6.92 Å². The maximum atomic E-state index is 13.9. The van der Waals surface area contributed by atoms with Gasteiger partial charge in [-0.2, -0.15) is 26.3 Å². The van der Waals surface area contributed by atoms with E-state index in [1.165, 1.54) is 19.8 Å². The van der Waals surface area contributed by atoms with Crippen molar-refractivity contribution < 1.29 is 1200 Å². The fraction of sp³-hybridized carbons (Fsp3) is 0.765. The molecule has 2 saturated carbocycles. The van der Waals surface area contributed by atoms with Crippen LogP contribution in [0.15, 0.2) is 24.3 Å². The Hall–Kier alpha value is 29.2. The van der Waals surface area contributed by atoms with Crippen LogP contribution in [-0.2, 0) is 1170 Å². The Morgan fingerprint density at radius 1 is 0.271 bits per heavy atom. The first-order chi connectivity index (χ1) is 33.6. The molecule has 59 radical (unpaired) electrons. The fourth-order valence-electron chi connectivity index (χ4n) is 7.11. The largest absolute Gasteiger partial charge is 0.459 e. The zero-order chi connectivity index (χ0) is 57.9. The van der Waals surface area contributed by atoms with E-state index in [2.05, 4.69) is 39.0 Å². The van der Waals surface area contributed by atoms with Crippen molar-refractivity contribution in [3.8, 4) is 0 Å². The second kappa shape index (κ2) is 220. The first kappa shape index (κ1) is 404. The predicted molar refractivity (Wildman–Crippen MR) is 252 cm³/mol. The topological polar surface area (TPSA) is 210 Å². The van der Waals surface area contributed by atoms with E-state index in [4.69, 9.17) is 18.9 Å². The van der Waals surface area contributed by atoms with Crippen molar-refractivity contribution in [2.24, 2.45) is 10.8 Å². The number of hydrogen-bond acceptors (Lipinski definition) is 16. The summed E-state index contributed by atoms with van der Waals surface area (Å²) in [6.07, 6.45) is 6.75. The van der Waals surface area contributed by atoms with Gasteiger partial charge >= 0.3 is 65.5 Å². The second-order valence-electron chi connectivity index (χ2n) is 20.4. The molecule has 2 rings (SSSR count). The van der Waals surface area contributed by atoms with Crippen molar-refractivity contribution >= 4 is 47.8 Å². The molecule has 82 heteroatoms. The Morgan fingerprint density at radius 2 is 0.451 bits per heavy atom. The summed E-state index contributed by atoms with van der Waals surface area (Å²) in [5.74, 6) is -20.9. The normalized spacial score (nSPS) is 9.18. The number of alkyl halides is 7. The molecular formula is C51H77F7O16V59. The van der Waals surface area contributed by atoms with Gasteiger partial charge in [-0.15, -0.1) is 0 Å². The zero-order valence-corrected chi connectivity index (χ0v) is 154. The number of rotatable bonds is 25. The molecule has 0 amide bonds. The first-order valence-corrected chi connectivity index (χ1v) is 24.3. The van der Waals surface area contributed by atoms with Crippen molar-refractivity contribution in [3.05, 3.63) is 24.3 Å². The van der Waals surface area contributed by atoms with Gasteiger partial charge in [0.2, 0.25) is 5.67 Å². The van der Waals surface area contributed by atoms with Crippen LogP contribution in [-0.4, -0.2) is 121 Å². The molecule has 16 nitrogen and oxygen atoms in total. The minimum Gasteiger partial charge on any atom is -0.459 e. The summed E-state index contributed by atoms with van der Waals surface area (Å²) in [7, 11) is 0. The summed E-state index contributed by atoms with van der Waals surface area (Å²) in [6.45, 7) is 19.9. The van der Waals surface area contributed by atoms with Crippen LogP contribution >= 0.6 is 0 Å². The van der Waals surface area contributed by atoms with Crippen LogP contribution < -0.4 is 0 Å². The van der Waals surface area contributed by atoms with Gasteiger partial charge in [0.1, 0.15) is 37.6 Å². The Morgan fingerprint density at radius 3 is 0.617 bits per heavy atom. The van der Waals surface area contributed by atoms with E-state index in [0.717, 1.165) is 58.8 Å². The van der Waals surface area contributed by atoms with Crippen LogP contribution in [0, 0.1) is 10.8 Å². The molecule has 2 aliphatic rings. The predicted octanol–water partition coefficient (Wildman–Crippen LogP) is 10.0. The maximum Gasteiger partial charge on any atom is 0.376 e. The summed E-state index contributed by atoms with van der Waals surface area (Å²) < 4.78 is 130. The van der Waals surface area contributed by atoms with Gasteiger partial charge in [0, 0.05) is 1130 Å². The van der Waals surface area contributed by atoms with Gasteiger partial charge in [-0.3, -0.25) is 9.59 Å². The molecule has 2 atom stereocenters. The molecule has 0 aromatic carbocycles. The van der Waals surface area contributed by atoms with Crippen LogP contribution in [0.1, 0.15) is 167 Å². The molecule has 0 aliphatic heterocycles. The molecular weight excluding hydrogens is 4010 g/mol. The molecule has 2 unspecified atom stereocenters. The van der Waals surface area contributed by atoms with Gasteiger partial charge in [-0.1, -0.05) is 33.9 Å². The number of halogens is 7. The minimum absolute atomic E-state index is 0. The van der Waals surface area contributed by atoms with Crippen LogP contribution in [0.3, 0.4) is 0 Å². The molecule has 0 N–H and O–H groups in total. The molecule has 721 valence electrons. The molecule has 0 saturated heterocycles. The first-order valence-electron chi connectivity index (χ1n) is 24.3. The van der Waals surface area contributed by atoms with Gasteiger partial charge < -0.3 is 37.9 Å². The monoisotopic (exact) mass is 4080 g/mol. The van der Waals surface area contributed by atoms with E-state index in [-0.39, 0.29) is 1140 Å². The minimum atomic E-state index is -3.80. The van der Waals surface area contributed by atoms with Crippen molar-refractivity contribution in [3.63, 3.8) is 0 Å². The van der Waals surface area contributed by atoms with Crippen LogP contribution in [0.5, 0.6) is 0 Å². The number of hydrogen-bond donors (Lipinski definition) is 0. The molecule has 0 bridgehead atoms. The van der Waals surface area contributed by atoms with Crippen molar-refractivity contribution in [1.82, 2.24) is 0 Å². The third kappa shape index (κ3) is 197. The van der Waals surface area contributed by atoms with Crippen LogP contribution in [0.2, 0.25) is 0 Å². The smallest absolute Gasteiger partial charge is 0.376 e. The van der Waals surface area contributed by atoms with Crippen molar-refractivity contribution in [2.45, 2.75) is 214 Å². The fourth-order valence-corrected chi connectivity index (χ4v) is 7.11. The molecule has 0 spiro atoms. The summed E-state index contributed by atoms with van der Waals surface area (Å²) >= 11 is 0. The average molecular weight is 4080 g/mol. The molecule has 0 aromatic heterocycles. The third-order valence-corrected chi connectivity index (χ3v) is 12.0. The summed E-state index contributed by atoms with van der Waals surface area (Å²) in [6, 6.07) is 0. The van der Waals surface area contributed by atoms with Crippen LogP contribution in [0.25, 0.3) is 0 Å². The average Bonchev–Trinajstić information content (AvgIpc) is 1.20. The molecule has 2 aliphatic carbocycles. The number of esters is 8. The van der Waals surface area contributed by atoms with Gasteiger partial charge in [0.15, 0.2) is 12.2 Å². The van der Waals surface area contributed by atoms with E-state index in [1.54, 1.807) is 34.6 Å². The van der Waals surface area contributed by atoms with E-state index < -0.39 is 120 Å². The Kier molecular flexibility index (Phi) is 667. The molecule has 0 aromatic rings. The zero-order valence-electron chi connectivity index (χ0n) is 71.4. The SMILES string of the molecule is C=C(C)C(=O)OC(COC(=O)C(C)(F)F)COC(=O)C(C)(F)F.C=C(C)C(=O)OC1(CC)CCCC1.CCC1(OC(=O)C(C)(C)CC(C)(CC)C(=O)OC(COC(=O)C(C)(C)F)COC(=O)C(C)(F)F)CCCC1.[V].[V].[V].[V].[V].[V].[V].[V].[V].[V].[V].[V].[V].[V].[V].[V].[V].[V].[V].[V].[V].[V].[V].[V].[V].[V].[V].[V].[V].[V].[V].[V].[V].[V].[V].[V].[V].[V].[V].[V].[V].[V].[V].[V].[V].[V].[V].[V].[V].[V].[V].[V].[V].[V].[V].[V].[V].[V].[V]. The Balaban J connectivity index is -0.00000000892. The Bertz CT molecular complexity index is 2020. The van der Waals surface area contributed by atoms with Gasteiger partial charge in [-0.25, -0.2) is 33.2 Å². The standard InChI is InChI=1S/C27H43F3O8.C13H16F4O6.C11H18O2.59V/c1-9-25(7,17-23(3,4)19(31)38-27(10-2)13-11-12-14-27)21(33)37-18(15-35-20(32)24(5,6)28)16-36-22(34)26(8,29)30;1-7(2)9(18)23-8(5-21-10(19)12(3,14)15)6-22-11(20)13(4,16)17;1-4-11(7-5-6-8-11)13-10(12)9(2)3;;;;;;;;;;;;;;;;;;;;;;;;;;;;;;;;;;;;;;;;;;;;;;;;;;;;;;;;;;;/h18H,9-17H2,1-8H3;8H,1,5-6H2,2-4H3;2,4-8H2,1,3H3;;;;;;;;;;;;;;;;;;;;;;;;;;;;;;;;;;;;;;;;;;;;;;;;;;;;;;;;;;;. The molecule has 133 heavy (non-hydrogen) atoms. The Labute approximate surface area is 1490 Å². The van der Waals surface area contributed by atoms with Crippen molar-refractivity contribution in [2.75, 3.05) is 26.4 Å². The van der Waals surface area contributed by atoms with E-state index >= 15 is 0 Å². The number of ether oxygens (including phenoxy) is 8. The quantitative estimate of drug-likeness (QED) is 0.0360. The van der Waals surface area contributed by atoms with Gasteiger partial charge in [0.05, 0.1) is 10.8 Å². The van der Waals surface area contributed by atoms with E-state index in [9.17, 15) is 69.1 Å². The third-order valence-electron chi connectivity index (χ3n) is 12.0. The van der Waals surface area contributed by atoms with Crippen LogP contribution in [0.4, 0.5) is 30.7 Å². The molecule has 2 fully saturated rings. The van der Waals surface area contributed by atoms with E-state index in [0.29, 0.717) is 18.9 Å².